The van der Waals surface area contributed by atoms with Gasteiger partial charge in [0, 0.05) is 48.8 Å². The minimum atomic E-state index is 0.730. The SMILES string of the molecule is c1ccc(-c2cccc(N(c3ccccc3)c3ccc4c(c3)-c3cccc5c(-c6nc(-c7ccc8ccccc8c7)c7ccccc7n6)ccc(c35)S4)c2)cc1. The van der Waals surface area contributed by atoms with E-state index in [2.05, 4.69) is 205 Å². The maximum atomic E-state index is 5.35. The lowest BCUT2D eigenvalue weighted by molar-refractivity contribution is 1.23. The standard InChI is InChI=1S/C52H33N3S/c1-3-13-34(14-4-1)37-17-11-20-40(32-37)55(39-18-5-2-6-19-39)41-27-29-48-46(33-41)43-23-12-22-42-44(28-30-49(56-48)50(42)43)52-53-47-24-10-9-21-45(47)51(54-52)38-26-25-35-15-7-8-16-36(35)31-38/h1-33H. The first-order valence-corrected chi connectivity index (χ1v) is 19.7. The summed E-state index contributed by atoms with van der Waals surface area (Å²) in [5.41, 5.74) is 12.1. The van der Waals surface area contributed by atoms with Crippen LogP contribution in [-0.2, 0) is 0 Å². The first kappa shape index (κ1) is 32.4. The van der Waals surface area contributed by atoms with Gasteiger partial charge in [0.05, 0.1) is 11.2 Å². The molecule has 56 heavy (non-hydrogen) atoms. The first-order chi connectivity index (χ1) is 27.7. The Kier molecular flexibility index (Phi) is 7.75. The van der Waals surface area contributed by atoms with Gasteiger partial charge in [-0.15, -0.1) is 0 Å². The molecule has 0 unspecified atom stereocenters. The summed E-state index contributed by atoms with van der Waals surface area (Å²) in [7, 11) is 0. The number of hydrogen-bond donors (Lipinski definition) is 0. The van der Waals surface area contributed by atoms with E-state index in [9.17, 15) is 0 Å². The van der Waals surface area contributed by atoms with E-state index in [4.69, 9.17) is 9.97 Å². The van der Waals surface area contributed by atoms with E-state index in [1.165, 1.54) is 48.2 Å². The number of hydrogen-bond acceptors (Lipinski definition) is 4. The largest absolute Gasteiger partial charge is 0.310 e. The second kappa shape index (κ2) is 13.4. The van der Waals surface area contributed by atoms with Crippen LogP contribution in [0.5, 0.6) is 0 Å². The molecule has 0 bridgehead atoms. The average Bonchev–Trinajstić information content (AvgIpc) is 3.27. The lowest BCUT2D eigenvalue weighted by Crippen LogP contribution is -2.10. The molecule has 0 fully saturated rings. The van der Waals surface area contributed by atoms with E-state index >= 15 is 0 Å². The summed E-state index contributed by atoms with van der Waals surface area (Å²) in [6.07, 6.45) is 0. The molecule has 0 N–H and O–H groups in total. The summed E-state index contributed by atoms with van der Waals surface area (Å²) < 4.78 is 0. The third kappa shape index (κ3) is 5.54. The first-order valence-electron chi connectivity index (χ1n) is 18.9. The second-order valence-electron chi connectivity index (χ2n) is 14.2. The zero-order valence-corrected chi connectivity index (χ0v) is 31.1. The summed E-state index contributed by atoms with van der Waals surface area (Å²) in [5.74, 6) is 0.730. The molecule has 0 radical (unpaired) electrons. The third-order valence-electron chi connectivity index (χ3n) is 10.8. The van der Waals surface area contributed by atoms with Crippen LogP contribution in [0, 0.1) is 0 Å². The predicted octanol–water partition coefficient (Wildman–Crippen LogP) is 14.5. The molecule has 0 atom stereocenters. The zero-order chi connectivity index (χ0) is 37.0. The Morgan fingerprint density at radius 3 is 1.96 bits per heavy atom. The minimum Gasteiger partial charge on any atom is -0.310 e. The van der Waals surface area contributed by atoms with Crippen LogP contribution in [0.3, 0.4) is 0 Å². The maximum absolute atomic E-state index is 5.35. The van der Waals surface area contributed by atoms with E-state index < -0.39 is 0 Å². The van der Waals surface area contributed by atoms with Crippen molar-refractivity contribution >= 4 is 61.3 Å². The highest BCUT2D eigenvalue weighted by molar-refractivity contribution is 7.99. The summed E-state index contributed by atoms with van der Waals surface area (Å²) >= 11 is 1.83. The number of aromatic nitrogens is 2. The Morgan fingerprint density at radius 1 is 0.375 bits per heavy atom. The molecule has 1 aliphatic rings. The molecule has 0 saturated heterocycles. The van der Waals surface area contributed by atoms with Crippen LogP contribution >= 0.6 is 11.8 Å². The Hall–Kier alpha value is -7.01. The average molecular weight is 732 g/mol. The molecule has 0 amide bonds. The van der Waals surface area contributed by atoms with Crippen molar-refractivity contribution in [3.8, 4) is 44.9 Å². The molecule has 9 aromatic carbocycles. The molecule has 0 spiro atoms. The van der Waals surface area contributed by atoms with Crippen LogP contribution in [0.1, 0.15) is 0 Å². The van der Waals surface area contributed by atoms with E-state index in [1.54, 1.807) is 0 Å². The van der Waals surface area contributed by atoms with Gasteiger partial charge < -0.3 is 4.90 Å². The maximum Gasteiger partial charge on any atom is 0.161 e. The summed E-state index contributed by atoms with van der Waals surface area (Å²) in [6, 6.07) is 71.6. The Balaban J connectivity index is 1.06. The van der Waals surface area contributed by atoms with Crippen molar-refractivity contribution in [3.05, 3.63) is 200 Å². The van der Waals surface area contributed by atoms with Gasteiger partial charge >= 0.3 is 0 Å². The molecule has 11 rings (SSSR count). The predicted molar refractivity (Wildman–Crippen MR) is 235 cm³/mol. The van der Waals surface area contributed by atoms with Gasteiger partial charge in [0.2, 0.25) is 0 Å². The highest BCUT2D eigenvalue weighted by Crippen LogP contribution is 2.51. The molecular formula is C52H33N3S. The summed E-state index contributed by atoms with van der Waals surface area (Å²) in [4.78, 5) is 15.4. The van der Waals surface area contributed by atoms with Crippen molar-refractivity contribution in [2.45, 2.75) is 9.79 Å². The molecular weight excluding hydrogens is 699 g/mol. The second-order valence-corrected chi connectivity index (χ2v) is 15.3. The van der Waals surface area contributed by atoms with Crippen molar-refractivity contribution in [1.29, 1.82) is 0 Å². The molecule has 10 aromatic rings. The van der Waals surface area contributed by atoms with Crippen LogP contribution in [0.2, 0.25) is 0 Å². The van der Waals surface area contributed by atoms with E-state index in [0.29, 0.717) is 0 Å². The monoisotopic (exact) mass is 731 g/mol. The Labute approximate surface area is 329 Å². The lowest BCUT2D eigenvalue weighted by atomic mass is 9.94. The highest BCUT2D eigenvalue weighted by Gasteiger charge is 2.24. The topological polar surface area (TPSA) is 29.0 Å². The Bertz CT molecular complexity index is 3120. The molecule has 0 aliphatic carbocycles. The van der Waals surface area contributed by atoms with Gasteiger partial charge in [0.1, 0.15) is 0 Å². The van der Waals surface area contributed by atoms with Crippen LogP contribution in [0.25, 0.3) is 77.3 Å². The van der Waals surface area contributed by atoms with Crippen LogP contribution < -0.4 is 4.90 Å². The van der Waals surface area contributed by atoms with Crippen molar-refractivity contribution in [1.82, 2.24) is 9.97 Å². The van der Waals surface area contributed by atoms with Crippen LogP contribution in [-0.4, -0.2) is 9.97 Å². The molecule has 4 heteroatoms. The molecule has 1 aliphatic heterocycles. The van der Waals surface area contributed by atoms with Gasteiger partial charge in [0.25, 0.3) is 0 Å². The molecule has 0 saturated carbocycles. The normalized spacial score (nSPS) is 11.9. The van der Waals surface area contributed by atoms with E-state index in [-0.39, 0.29) is 0 Å². The van der Waals surface area contributed by atoms with Gasteiger partial charge in [-0.25, -0.2) is 9.97 Å². The van der Waals surface area contributed by atoms with Crippen LogP contribution in [0.15, 0.2) is 210 Å². The van der Waals surface area contributed by atoms with Gasteiger partial charge in [-0.2, -0.15) is 0 Å². The van der Waals surface area contributed by atoms with E-state index in [1.807, 2.05) is 11.8 Å². The molecule has 1 aromatic heterocycles. The Morgan fingerprint density at radius 2 is 1.07 bits per heavy atom. The zero-order valence-electron chi connectivity index (χ0n) is 30.3. The van der Waals surface area contributed by atoms with Crippen molar-refractivity contribution < 1.29 is 0 Å². The van der Waals surface area contributed by atoms with Crippen molar-refractivity contribution in [3.63, 3.8) is 0 Å². The minimum absolute atomic E-state index is 0.730. The van der Waals surface area contributed by atoms with Crippen molar-refractivity contribution in [2.75, 3.05) is 4.90 Å². The van der Waals surface area contributed by atoms with Gasteiger partial charge in [0.15, 0.2) is 5.82 Å². The van der Waals surface area contributed by atoms with Crippen molar-refractivity contribution in [2.24, 2.45) is 0 Å². The number of nitrogens with zero attached hydrogens (tertiary/aromatic N) is 3. The van der Waals surface area contributed by atoms with Gasteiger partial charge in [-0.05, 0) is 105 Å². The van der Waals surface area contributed by atoms with Gasteiger partial charge in [-0.3, -0.25) is 0 Å². The smallest absolute Gasteiger partial charge is 0.161 e. The third-order valence-corrected chi connectivity index (χ3v) is 12.0. The number of rotatable bonds is 6. The fourth-order valence-electron chi connectivity index (χ4n) is 8.19. The number of anilines is 3. The number of para-hydroxylation sites is 2. The van der Waals surface area contributed by atoms with E-state index in [0.717, 1.165) is 56.0 Å². The molecule has 2 heterocycles. The lowest BCUT2D eigenvalue weighted by Gasteiger charge is -2.28. The van der Waals surface area contributed by atoms with Crippen LogP contribution in [0.4, 0.5) is 17.1 Å². The number of fused-ring (bicyclic) bond motifs is 4. The highest BCUT2D eigenvalue weighted by atomic mass is 32.2. The number of benzene rings is 9. The fourth-order valence-corrected chi connectivity index (χ4v) is 9.30. The molecule has 262 valence electrons. The summed E-state index contributed by atoms with van der Waals surface area (Å²) in [5, 5.41) is 5.84. The fraction of sp³-hybridized carbons (Fsp3) is 0. The summed E-state index contributed by atoms with van der Waals surface area (Å²) in [6.45, 7) is 0. The van der Waals surface area contributed by atoms with Gasteiger partial charge in [-0.1, -0.05) is 145 Å². The molecule has 3 nitrogen and oxygen atoms in total. The quantitative estimate of drug-likeness (QED) is 0.170.